The molecule has 7 heteroatoms. The topological polar surface area (TPSA) is 70.7 Å². The molecule has 2 aliphatic heterocycles. The van der Waals surface area contributed by atoms with Crippen LogP contribution in [0.25, 0.3) is 0 Å². The predicted molar refractivity (Wildman–Crippen MR) is 106 cm³/mol. The summed E-state index contributed by atoms with van der Waals surface area (Å²) >= 11 is 5.97. The van der Waals surface area contributed by atoms with E-state index in [9.17, 15) is 9.59 Å². The molecule has 1 atom stereocenters. The van der Waals surface area contributed by atoms with Crippen LogP contribution in [0.4, 0.5) is 4.79 Å². The molecule has 2 heterocycles. The van der Waals surface area contributed by atoms with E-state index in [0.29, 0.717) is 29.4 Å². The molecule has 0 saturated heterocycles. The zero-order valence-corrected chi connectivity index (χ0v) is 16.1. The number of urea groups is 1. The second kappa shape index (κ2) is 7.56. The van der Waals surface area contributed by atoms with E-state index in [0.717, 1.165) is 23.3 Å². The van der Waals surface area contributed by atoms with Crippen molar-refractivity contribution in [3.8, 4) is 5.75 Å². The van der Waals surface area contributed by atoms with Gasteiger partial charge < -0.3 is 20.3 Å². The number of hydrogen-bond acceptors (Lipinski definition) is 3. The molecule has 0 radical (unpaired) electrons. The standard InChI is InChI=1S/C21H20ClN3O3/c1-28-16-8-2-13(3-9-16)10-11-25-12-17-18(20(25)26)19(24-21(27)23-17)14-4-6-15(22)7-5-14/h2-9,19H,10-12H2,1H3,(H2,23,24,27)/t19-/m0/s1. The second-order valence-electron chi connectivity index (χ2n) is 6.80. The lowest BCUT2D eigenvalue weighted by Crippen LogP contribution is -2.44. The number of rotatable bonds is 5. The van der Waals surface area contributed by atoms with Crippen molar-refractivity contribution in [3.63, 3.8) is 0 Å². The summed E-state index contributed by atoms with van der Waals surface area (Å²) in [6.45, 7) is 0.975. The molecular formula is C21H20ClN3O3. The molecule has 0 aromatic heterocycles. The van der Waals surface area contributed by atoms with Gasteiger partial charge in [-0.2, -0.15) is 0 Å². The van der Waals surface area contributed by atoms with E-state index in [2.05, 4.69) is 10.6 Å². The van der Waals surface area contributed by atoms with Gasteiger partial charge in [0.2, 0.25) is 0 Å². The Morgan fingerprint density at radius 2 is 1.82 bits per heavy atom. The number of carbonyl (C=O) groups is 2. The highest BCUT2D eigenvalue weighted by molar-refractivity contribution is 6.30. The van der Waals surface area contributed by atoms with Crippen molar-refractivity contribution >= 4 is 23.5 Å². The van der Waals surface area contributed by atoms with Gasteiger partial charge in [0.25, 0.3) is 5.91 Å². The third kappa shape index (κ3) is 3.55. The van der Waals surface area contributed by atoms with Crippen molar-refractivity contribution in [2.75, 3.05) is 20.2 Å². The van der Waals surface area contributed by atoms with Crippen molar-refractivity contribution in [3.05, 3.63) is 76.0 Å². The number of methoxy groups -OCH3 is 1. The van der Waals surface area contributed by atoms with Crippen LogP contribution in [0.3, 0.4) is 0 Å². The molecule has 2 aromatic rings. The van der Waals surface area contributed by atoms with Crippen LogP contribution in [0.1, 0.15) is 17.2 Å². The molecule has 2 aliphatic rings. The fourth-order valence-electron chi connectivity index (χ4n) is 3.57. The number of ether oxygens (including phenoxy) is 1. The fourth-order valence-corrected chi connectivity index (χ4v) is 3.70. The molecule has 0 unspecified atom stereocenters. The van der Waals surface area contributed by atoms with E-state index in [-0.39, 0.29) is 11.9 Å². The van der Waals surface area contributed by atoms with Gasteiger partial charge in [0.15, 0.2) is 0 Å². The first-order valence-corrected chi connectivity index (χ1v) is 9.41. The Balaban J connectivity index is 1.50. The van der Waals surface area contributed by atoms with E-state index in [4.69, 9.17) is 16.3 Å². The highest BCUT2D eigenvalue weighted by Gasteiger charge is 2.40. The van der Waals surface area contributed by atoms with Gasteiger partial charge in [-0.15, -0.1) is 0 Å². The summed E-state index contributed by atoms with van der Waals surface area (Å²) in [5, 5.41) is 6.24. The molecule has 4 rings (SSSR count). The quantitative estimate of drug-likeness (QED) is 0.814. The molecule has 0 saturated carbocycles. The molecule has 28 heavy (non-hydrogen) atoms. The molecule has 0 spiro atoms. The molecule has 2 N–H and O–H groups in total. The number of nitrogens with zero attached hydrogens (tertiary/aromatic N) is 1. The Morgan fingerprint density at radius 3 is 2.50 bits per heavy atom. The normalized spacial score (nSPS) is 18.6. The maximum atomic E-state index is 13.0. The van der Waals surface area contributed by atoms with Gasteiger partial charge in [-0.25, -0.2) is 4.79 Å². The molecule has 0 bridgehead atoms. The van der Waals surface area contributed by atoms with Gasteiger partial charge >= 0.3 is 6.03 Å². The van der Waals surface area contributed by atoms with Gasteiger partial charge in [-0.1, -0.05) is 35.9 Å². The first kappa shape index (κ1) is 18.4. The lowest BCUT2D eigenvalue weighted by Gasteiger charge is -2.25. The highest BCUT2D eigenvalue weighted by atomic mass is 35.5. The fraction of sp³-hybridized carbons (Fsp3) is 0.238. The lowest BCUT2D eigenvalue weighted by atomic mass is 9.96. The molecule has 0 fully saturated rings. The molecular weight excluding hydrogens is 378 g/mol. The summed E-state index contributed by atoms with van der Waals surface area (Å²) in [6, 6.07) is 14.2. The van der Waals surface area contributed by atoms with Crippen LogP contribution in [0.5, 0.6) is 5.75 Å². The minimum atomic E-state index is -0.473. The first-order valence-electron chi connectivity index (χ1n) is 9.03. The SMILES string of the molecule is COc1ccc(CCN2CC3=C(C2=O)[C@H](c2ccc(Cl)cc2)NC(=O)N3)cc1. The molecule has 3 amide bonds. The summed E-state index contributed by atoms with van der Waals surface area (Å²) in [5.41, 5.74) is 3.21. The maximum Gasteiger partial charge on any atom is 0.319 e. The monoisotopic (exact) mass is 397 g/mol. The van der Waals surface area contributed by atoms with Crippen molar-refractivity contribution in [1.82, 2.24) is 15.5 Å². The van der Waals surface area contributed by atoms with Crippen LogP contribution >= 0.6 is 11.6 Å². The summed E-state index contributed by atoms with van der Waals surface area (Å²) in [5.74, 6) is 0.744. The van der Waals surface area contributed by atoms with E-state index in [1.165, 1.54) is 0 Å². The number of amides is 3. The largest absolute Gasteiger partial charge is 0.497 e. The van der Waals surface area contributed by atoms with Gasteiger partial charge in [-0.05, 0) is 41.8 Å². The molecule has 2 aromatic carbocycles. The van der Waals surface area contributed by atoms with Crippen molar-refractivity contribution in [2.24, 2.45) is 0 Å². The smallest absolute Gasteiger partial charge is 0.319 e. The number of hydrogen-bond donors (Lipinski definition) is 2. The number of halogens is 1. The summed E-state index contributed by atoms with van der Waals surface area (Å²) in [7, 11) is 1.63. The number of benzene rings is 2. The van der Waals surface area contributed by atoms with Crippen LogP contribution in [-0.4, -0.2) is 37.0 Å². The van der Waals surface area contributed by atoms with Gasteiger partial charge in [0, 0.05) is 11.6 Å². The van der Waals surface area contributed by atoms with Crippen molar-refractivity contribution in [1.29, 1.82) is 0 Å². The Kier molecular flexibility index (Phi) is 4.96. The summed E-state index contributed by atoms with van der Waals surface area (Å²) in [4.78, 5) is 26.9. The third-order valence-electron chi connectivity index (χ3n) is 5.05. The van der Waals surface area contributed by atoms with Crippen molar-refractivity contribution in [2.45, 2.75) is 12.5 Å². The number of nitrogens with one attached hydrogen (secondary N) is 2. The number of carbonyl (C=O) groups excluding carboxylic acids is 2. The average Bonchev–Trinajstić information content (AvgIpc) is 3.02. The van der Waals surface area contributed by atoms with Crippen LogP contribution in [-0.2, 0) is 11.2 Å². The highest BCUT2D eigenvalue weighted by Crippen LogP contribution is 2.33. The lowest BCUT2D eigenvalue weighted by molar-refractivity contribution is -0.125. The van der Waals surface area contributed by atoms with E-state index in [1.807, 2.05) is 36.4 Å². The second-order valence-corrected chi connectivity index (χ2v) is 7.24. The maximum absolute atomic E-state index is 13.0. The Hall–Kier alpha value is -2.99. The van der Waals surface area contributed by atoms with E-state index in [1.54, 1.807) is 24.1 Å². The van der Waals surface area contributed by atoms with Crippen LogP contribution in [0, 0.1) is 0 Å². The molecule has 6 nitrogen and oxygen atoms in total. The third-order valence-corrected chi connectivity index (χ3v) is 5.31. The average molecular weight is 398 g/mol. The summed E-state index contributed by atoms with van der Waals surface area (Å²) < 4.78 is 5.17. The summed E-state index contributed by atoms with van der Waals surface area (Å²) in [6.07, 6.45) is 0.725. The zero-order chi connectivity index (χ0) is 19.7. The van der Waals surface area contributed by atoms with Crippen LogP contribution in [0.15, 0.2) is 59.8 Å². The van der Waals surface area contributed by atoms with E-state index < -0.39 is 6.04 Å². The zero-order valence-electron chi connectivity index (χ0n) is 15.4. The minimum absolute atomic E-state index is 0.0593. The van der Waals surface area contributed by atoms with Crippen LogP contribution in [0.2, 0.25) is 5.02 Å². The first-order chi connectivity index (χ1) is 13.5. The Morgan fingerprint density at radius 1 is 1.11 bits per heavy atom. The van der Waals surface area contributed by atoms with Gasteiger partial charge in [-0.3, -0.25) is 4.79 Å². The van der Waals surface area contributed by atoms with E-state index >= 15 is 0 Å². The Labute approximate surface area is 168 Å². The van der Waals surface area contributed by atoms with Gasteiger partial charge in [0.1, 0.15) is 5.75 Å². The minimum Gasteiger partial charge on any atom is -0.497 e. The molecule has 0 aliphatic carbocycles. The van der Waals surface area contributed by atoms with Crippen LogP contribution < -0.4 is 15.4 Å². The Bertz CT molecular complexity index is 938. The predicted octanol–water partition coefficient (Wildman–Crippen LogP) is 3.04. The van der Waals surface area contributed by atoms with Crippen molar-refractivity contribution < 1.29 is 14.3 Å². The van der Waals surface area contributed by atoms with Gasteiger partial charge in [0.05, 0.1) is 31.0 Å². The molecule has 144 valence electrons.